The van der Waals surface area contributed by atoms with Crippen LogP contribution in [0.25, 0.3) is 0 Å². The van der Waals surface area contributed by atoms with Crippen LogP contribution in [-0.2, 0) is 16.0 Å². The third kappa shape index (κ3) is 7.78. The lowest BCUT2D eigenvalue weighted by molar-refractivity contribution is -0.122. The summed E-state index contributed by atoms with van der Waals surface area (Å²) in [4.78, 5) is 24.2. The van der Waals surface area contributed by atoms with E-state index in [0.29, 0.717) is 37.0 Å². The minimum atomic E-state index is -0.189. The maximum Gasteiger partial charge on any atom is 0.224 e. The van der Waals surface area contributed by atoms with Crippen molar-refractivity contribution in [3.05, 3.63) is 59.7 Å². The summed E-state index contributed by atoms with van der Waals surface area (Å²) >= 11 is 0. The summed E-state index contributed by atoms with van der Waals surface area (Å²) in [6, 6.07) is 15.0. The summed E-state index contributed by atoms with van der Waals surface area (Å²) in [6.45, 7) is 6.99. The monoisotopic (exact) mass is 412 g/mol. The first-order chi connectivity index (χ1) is 14.4. The van der Waals surface area contributed by atoms with Gasteiger partial charge >= 0.3 is 0 Å². The highest BCUT2D eigenvalue weighted by Gasteiger charge is 2.14. The normalized spacial score (nSPS) is 11.6. The van der Waals surface area contributed by atoms with Crippen molar-refractivity contribution in [1.29, 1.82) is 0 Å². The molecule has 0 heterocycles. The van der Waals surface area contributed by atoms with Gasteiger partial charge in [-0.15, -0.1) is 0 Å². The highest BCUT2D eigenvalue weighted by Crippen LogP contribution is 2.30. The fourth-order valence-electron chi connectivity index (χ4n) is 2.89. The SMILES string of the molecule is COc1cc([C@H](C)NC(=O)CCNC(=O)Cc2ccccc2)ccc1OCC(C)C. The number of ether oxygens (including phenoxy) is 2. The van der Waals surface area contributed by atoms with E-state index in [1.165, 1.54) is 0 Å². The Hall–Kier alpha value is -3.02. The smallest absolute Gasteiger partial charge is 0.224 e. The average molecular weight is 413 g/mol. The molecule has 0 saturated carbocycles. The van der Waals surface area contributed by atoms with Gasteiger partial charge in [0.15, 0.2) is 11.5 Å². The van der Waals surface area contributed by atoms with Gasteiger partial charge in [-0.25, -0.2) is 0 Å². The van der Waals surface area contributed by atoms with Gasteiger partial charge in [-0.2, -0.15) is 0 Å². The standard InChI is InChI=1S/C24H32N2O4/c1-17(2)16-30-21-11-10-20(15-22(21)29-4)18(3)26-23(27)12-13-25-24(28)14-19-8-6-5-7-9-19/h5-11,15,17-18H,12-14,16H2,1-4H3,(H,25,28)(H,26,27)/t18-/m0/s1. The summed E-state index contributed by atoms with van der Waals surface area (Å²) in [5.41, 5.74) is 1.87. The maximum atomic E-state index is 12.2. The maximum absolute atomic E-state index is 12.2. The zero-order valence-corrected chi connectivity index (χ0v) is 18.2. The van der Waals surface area contributed by atoms with Crippen LogP contribution in [0.4, 0.5) is 0 Å². The summed E-state index contributed by atoms with van der Waals surface area (Å²) in [5, 5.41) is 5.74. The lowest BCUT2D eigenvalue weighted by atomic mass is 10.1. The Bertz CT molecular complexity index is 821. The molecule has 2 amide bonds. The molecule has 0 aromatic heterocycles. The zero-order valence-electron chi connectivity index (χ0n) is 18.2. The van der Waals surface area contributed by atoms with E-state index in [4.69, 9.17) is 9.47 Å². The van der Waals surface area contributed by atoms with E-state index in [2.05, 4.69) is 24.5 Å². The first-order valence-electron chi connectivity index (χ1n) is 10.3. The molecule has 2 rings (SSSR count). The lowest BCUT2D eigenvalue weighted by Gasteiger charge is -2.18. The molecule has 6 nitrogen and oxygen atoms in total. The number of hydrogen-bond donors (Lipinski definition) is 2. The summed E-state index contributed by atoms with van der Waals surface area (Å²) in [7, 11) is 1.60. The fraction of sp³-hybridized carbons (Fsp3) is 0.417. The average Bonchev–Trinajstić information content (AvgIpc) is 2.72. The molecule has 6 heteroatoms. The third-order valence-electron chi connectivity index (χ3n) is 4.52. The van der Waals surface area contributed by atoms with Crippen LogP contribution < -0.4 is 20.1 Å². The van der Waals surface area contributed by atoms with Gasteiger partial charge in [0.25, 0.3) is 0 Å². The Morgan fingerprint density at radius 3 is 2.37 bits per heavy atom. The lowest BCUT2D eigenvalue weighted by Crippen LogP contribution is -2.32. The van der Waals surface area contributed by atoms with Crippen molar-refractivity contribution in [3.63, 3.8) is 0 Å². The van der Waals surface area contributed by atoms with E-state index < -0.39 is 0 Å². The number of rotatable bonds is 11. The van der Waals surface area contributed by atoms with Crippen molar-refractivity contribution < 1.29 is 19.1 Å². The van der Waals surface area contributed by atoms with Gasteiger partial charge in [-0.1, -0.05) is 50.2 Å². The van der Waals surface area contributed by atoms with Gasteiger partial charge < -0.3 is 20.1 Å². The molecule has 2 aromatic rings. The van der Waals surface area contributed by atoms with E-state index in [1.54, 1.807) is 7.11 Å². The second kappa shape index (κ2) is 11.9. The molecule has 0 radical (unpaired) electrons. The van der Waals surface area contributed by atoms with E-state index >= 15 is 0 Å². The van der Waals surface area contributed by atoms with Gasteiger partial charge in [0.05, 0.1) is 26.2 Å². The molecule has 0 aliphatic carbocycles. The van der Waals surface area contributed by atoms with Crippen LogP contribution in [0, 0.1) is 5.92 Å². The second-order valence-electron chi connectivity index (χ2n) is 7.67. The molecule has 1 atom stereocenters. The molecule has 30 heavy (non-hydrogen) atoms. The van der Waals surface area contributed by atoms with Crippen molar-refractivity contribution >= 4 is 11.8 Å². The topological polar surface area (TPSA) is 76.7 Å². The van der Waals surface area contributed by atoms with Crippen molar-refractivity contribution in [2.45, 2.75) is 39.7 Å². The predicted molar refractivity (Wildman–Crippen MR) is 118 cm³/mol. The van der Waals surface area contributed by atoms with E-state index in [0.717, 1.165) is 11.1 Å². The van der Waals surface area contributed by atoms with Gasteiger partial charge in [-0.05, 0) is 36.1 Å². The molecule has 0 aliphatic rings. The number of hydrogen-bond acceptors (Lipinski definition) is 4. The third-order valence-corrected chi connectivity index (χ3v) is 4.52. The van der Waals surface area contributed by atoms with E-state index in [1.807, 2.05) is 55.5 Å². The molecular weight excluding hydrogens is 380 g/mol. The van der Waals surface area contributed by atoms with Gasteiger partial charge in [0.2, 0.25) is 11.8 Å². The summed E-state index contributed by atoms with van der Waals surface area (Å²) in [5.74, 6) is 1.53. The Morgan fingerprint density at radius 2 is 1.70 bits per heavy atom. The molecule has 0 unspecified atom stereocenters. The zero-order chi connectivity index (χ0) is 21.9. The van der Waals surface area contributed by atoms with Gasteiger partial charge in [0, 0.05) is 13.0 Å². The number of amides is 2. The van der Waals surface area contributed by atoms with Crippen LogP contribution in [0.2, 0.25) is 0 Å². The summed E-state index contributed by atoms with van der Waals surface area (Å²) in [6.07, 6.45) is 0.529. The molecule has 0 spiro atoms. The van der Waals surface area contributed by atoms with Crippen molar-refractivity contribution in [2.24, 2.45) is 5.92 Å². The molecular formula is C24H32N2O4. The molecule has 2 aromatic carbocycles. The number of nitrogens with one attached hydrogen (secondary N) is 2. The minimum absolute atomic E-state index is 0.0937. The van der Waals surface area contributed by atoms with Gasteiger partial charge in [0.1, 0.15) is 0 Å². The summed E-state index contributed by atoms with van der Waals surface area (Å²) < 4.78 is 11.2. The van der Waals surface area contributed by atoms with E-state index in [-0.39, 0.29) is 24.3 Å². The van der Waals surface area contributed by atoms with Crippen LogP contribution >= 0.6 is 0 Å². The first kappa shape index (κ1) is 23.3. The van der Waals surface area contributed by atoms with Crippen LogP contribution in [0.1, 0.15) is 44.4 Å². The number of carbonyl (C=O) groups excluding carboxylic acids is 2. The molecule has 0 bridgehead atoms. The first-order valence-corrected chi connectivity index (χ1v) is 10.3. The second-order valence-corrected chi connectivity index (χ2v) is 7.67. The van der Waals surface area contributed by atoms with Crippen LogP contribution in [0.15, 0.2) is 48.5 Å². The molecule has 0 saturated heterocycles. The Morgan fingerprint density at radius 1 is 0.967 bits per heavy atom. The number of benzene rings is 2. The predicted octanol–water partition coefficient (Wildman–Crippen LogP) is 3.66. The number of methoxy groups -OCH3 is 1. The molecule has 0 aliphatic heterocycles. The Labute approximate surface area is 179 Å². The fourth-order valence-corrected chi connectivity index (χ4v) is 2.89. The van der Waals surface area contributed by atoms with E-state index in [9.17, 15) is 9.59 Å². The molecule has 2 N–H and O–H groups in total. The number of carbonyl (C=O) groups is 2. The molecule has 162 valence electrons. The minimum Gasteiger partial charge on any atom is -0.493 e. The quantitative estimate of drug-likeness (QED) is 0.591. The van der Waals surface area contributed by atoms with Crippen molar-refractivity contribution in [1.82, 2.24) is 10.6 Å². The highest BCUT2D eigenvalue weighted by atomic mass is 16.5. The van der Waals surface area contributed by atoms with Crippen LogP contribution in [0.5, 0.6) is 11.5 Å². The van der Waals surface area contributed by atoms with Crippen LogP contribution in [0.3, 0.4) is 0 Å². The molecule has 0 fully saturated rings. The van der Waals surface area contributed by atoms with Crippen molar-refractivity contribution in [3.8, 4) is 11.5 Å². The Balaban J connectivity index is 1.79. The van der Waals surface area contributed by atoms with Crippen molar-refractivity contribution in [2.75, 3.05) is 20.3 Å². The Kier molecular flexibility index (Phi) is 9.19. The van der Waals surface area contributed by atoms with Crippen LogP contribution in [-0.4, -0.2) is 32.1 Å². The van der Waals surface area contributed by atoms with Gasteiger partial charge in [-0.3, -0.25) is 9.59 Å². The largest absolute Gasteiger partial charge is 0.493 e. The highest BCUT2D eigenvalue weighted by molar-refractivity contribution is 5.80.